The summed E-state index contributed by atoms with van der Waals surface area (Å²) in [5, 5.41) is 12.1. The van der Waals surface area contributed by atoms with Gasteiger partial charge < -0.3 is 14.8 Å². The van der Waals surface area contributed by atoms with Crippen molar-refractivity contribution in [1.29, 1.82) is 0 Å². The number of hydrogen-bond donors (Lipinski definition) is 2. The predicted octanol–water partition coefficient (Wildman–Crippen LogP) is 0.649. The van der Waals surface area contributed by atoms with Crippen molar-refractivity contribution < 1.29 is 9.90 Å². The van der Waals surface area contributed by atoms with Gasteiger partial charge in [0.1, 0.15) is 6.04 Å². The molecule has 2 aromatic heterocycles. The van der Waals surface area contributed by atoms with Crippen LogP contribution in [0.2, 0.25) is 0 Å². The molecule has 18 heavy (non-hydrogen) atoms. The maximum atomic E-state index is 11.0. The molecular formula is C12H14N4O2. The van der Waals surface area contributed by atoms with Gasteiger partial charge in [-0.1, -0.05) is 0 Å². The topological polar surface area (TPSA) is 79.5 Å². The van der Waals surface area contributed by atoms with Gasteiger partial charge in [0, 0.05) is 30.2 Å². The monoisotopic (exact) mass is 246 g/mol. The molecule has 1 aliphatic rings. The van der Waals surface area contributed by atoms with Crippen LogP contribution in [0, 0.1) is 0 Å². The number of rotatable bonds is 2. The number of nitrogens with zero attached hydrogens (tertiary/aromatic N) is 3. The smallest absolute Gasteiger partial charge is 0.320 e. The van der Waals surface area contributed by atoms with Crippen molar-refractivity contribution in [3.63, 3.8) is 0 Å². The second-order valence-corrected chi connectivity index (χ2v) is 4.55. The first-order valence-electron chi connectivity index (χ1n) is 5.99. The van der Waals surface area contributed by atoms with E-state index in [1.165, 1.54) is 0 Å². The van der Waals surface area contributed by atoms with Crippen molar-refractivity contribution in [3.05, 3.63) is 30.5 Å². The van der Waals surface area contributed by atoms with Gasteiger partial charge in [-0.05, 0) is 19.4 Å². The Morgan fingerprint density at radius 3 is 3.22 bits per heavy atom. The summed E-state index contributed by atoms with van der Waals surface area (Å²) in [6.07, 6.45) is 8.65. The molecule has 0 amide bonds. The molecule has 1 saturated heterocycles. The van der Waals surface area contributed by atoms with Gasteiger partial charge >= 0.3 is 5.97 Å². The van der Waals surface area contributed by atoms with E-state index in [-0.39, 0.29) is 5.92 Å². The molecular weight excluding hydrogens is 232 g/mol. The number of hydrogen-bond acceptors (Lipinski definition) is 4. The van der Waals surface area contributed by atoms with Crippen LogP contribution in [0.1, 0.15) is 24.5 Å². The zero-order valence-electron chi connectivity index (χ0n) is 9.78. The van der Waals surface area contributed by atoms with Gasteiger partial charge in [0.2, 0.25) is 0 Å². The minimum atomic E-state index is -0.782. The molecule has 0 radical (unpaired) electrons. The lowest BCUT2D eigenvalue weighted by atomic mass is 9.90. The Labute approximate surface area is 104 Å². The predicted molar refractivity (Wildman–Crippen MR) is 64.4 cm³/mol. The maximum absolute atomic E-state index is 11.0. The van der Waals surface area contributed by atoms with Crippen LogP contribution >= 0.6 is 0 Å². The fourth-order valence-electron chi connectivity index (χ4n) is 2.54. The van der Waals surface area contributed by atoms with Crippen molar-refractivity contribution >= 4 is 11.6 Å². The first kappa shape index (κ1) is 11.2. The van der Waals surface area contributed by atoms with Crippen molar-refractivity contribution in [1.82, 2.24) is 19.7 Å². The Bertz CT molecular complexity index is 580. The van der Waals surface area contributed by atoms with Crippen molar-refractivity contribution in [3.8, 4) is 0 Å². The quantitative estimate of drug-likeness (QED) is 0.813. The number of nitrogens with one attached hydrogen (secondary N) is 1. The van der Waals surface area contributed by atoms with E-state index < -0.39 is 12.0 Å². The number of aliphatic carboxylic acids is 1. The van der Waals surface area contributed by atoms with Crippen LogP contribution in [0.4, 0.5) is 0 Å². The van der Waals surface area contributed by atoms with Crippen LogP contribution < -0.4 is 5.32 Å². The van der Waals surface area contributed by atoms with Crippen LogP contribution in [0.3, 0.4) is 0 Å². The number of aromatic nitrogens is 3. The van der Waals surface area contributed by atoms with E-state index in [9.17, 15) is 4.79 Å². The van der Waals surface area contributed by atoms with Crippen LogP contribution in [-0.2, 0) is 4.79 Å². The van der Waals surface area contributed by atoms with Crippen LogP contribution in [0.5, 0.6) is 0 Å². The number of piperidine rings is 1. The highest BCUT2D eigenvalue weighted by Crippen LogP contribution is 2.28. The van der Waals surface area contributed by atoms with Gasteiger partial charge in [-0.15, -0.1) is 0 Å². The summed E-state index contributed by atoms with van der Waals surface area (Å²) in [6.45, 7) is 0.722. The third-order valence-electron chi connectivity index (χ3n) is 3.47. The highest BCUT2D eigenvalue weighted by molar-refractivity contribution is 5.73. The molecule has 0 aliphatic carbocycles. The fourth-order valence-corrected chi connectivity index (χ4v) is 2.54. The van der Waals surface area contributed by atoms with Gasteiger partial charge in [-0.25, -0.2) is 4.98 Å². The fraction of sp³-hybridized carbons (Fsp3) is 0.417. The van der Waals surface area contributed by atoms with Gasteiger partial charge in [0.05, 0.1) is 6.20 Å². The van der Waals surface area contributed by atoms with E-state index in [2.05, 4.69) is 15.3 Å². The minimum absolute atomic E-state index is 0.227. The van der Waals surface area contributed by atoms with E-state index in [4.69, 9.17) is 5.11 Å². The molecule has 1 aliphatic heterocycles. The normalized spacial score (nSPS) is 24.2. The first-order valence-corrected chi connectivity index (χ1v) is 5.99. The van der Waals surface area contributed by atoms with Crippen LogP contribution in [-0.4, -0.2) is 38.0 Å². The molecule has 2 unspecified atom stereocenters. The van der Waals surface area contributed by atoms with Gasteiger partial charge in [-0.3, -0.25) is 9.78 Å². The van der Waals surface area contributed by atoms with Crippen molar-refractivity contribution in [2.75, 3.05) is 6.54 Å². The first-order chi connectivity index (χ1) is 8.75. The molecule has 0 saturated carbocycles. The van der Waals surface area contributed by atoms with E-state index in [0.717, 1.165) is 24.3 Å². The van der Waals surface area contributed by atoms with E-state index in [0.29, 0.717) is 6.42 Å². The average Bonchev–Trinajstić information content (AvgIpc) is 2.82. The van der Waals surface area contributed by atoms with Gasteiger partial charge in [-0.2, -0.15) is 0 Å². The number of imidazole rings is 1. The second-order valence-electron chi connectivity index (χ2n) is 4.55. The van der Waals surface area contributed by atoms with Crippen molar-refractivity contribution in [2.45, 2.75) is 24.8 Å². The molecule has 2 N–H and O–H groups in total. The van der Waals surface area contributed by atoms with Crippen LogP contribution in [0.25, 0.3) is 5.65 Å². The summed E-state index contributed by atoms with van der Waals surface area (Å²) in [7, 11) is 0. The van der Waals surface area contributed by atoms with Gasteiger partial charge in [0.15, 0.2) is 5.65 Å². The molecule has 3 heterocycles. The van der Waals surface area contributed by atoms with E-state index >= 15 is 0 Å². The number of carbonyl (C=O) groups is 1. The number of carboxylic acid groups (broad SMARTS) is 1. The Kier molecular flexibility index (Phi) is 2.71. The lowest BCUT2D eigenvalue weighted by molar-refractivity contribution is -0.140. The zero-order valence-corrected chi connectivity index (χ0v) is 9.78. The third kappa shape index (κ3) is 1.84. The summed E-state index contributed by atoms with van der Waals surface area (Å²) in [6, 6.07) is -0.462. The van der Waals surface area contributed by atoms with Crippen molar-refractivity contribution in [2.24, 2.45) is 0 Å². The number of carboxylic acids is 1. The molecule has 3 rings (SSSR count). The Balaban J connectivity index is 1.92. The maximum Gasteiger partial charge on any atom is 0.320 e. The molecule has 2 atom stereocenters. The number of fused-ring (bicyclic) bond motifs is 1. The van der Waals surface area contributed by atoms with E-state index in [1.54, 1.807) is 12.4 Å². The Hall–Kier alpha value is -1.95. The molecule has 1 fully saturated rings. The van der Waals surface area contributed by atoms with E-state index in [1.807, 2.05) is 16.8 Å². The second kappa shape index (κ2) is 4.38. The summed E-state index contributed by atoms with van der Waals surface area (Å²) in [4.78, 5) is 19.4. The van der Waals surface area contributed by atoms with Crippen LogP contribution in [0.15, 0.2) is 24.8 Å². The Morgan fingerprint density at radius 1 is 1.50 bits per heavy atom. The lowest BCUT2D eigenvalue weighted by Crippen LogP contribution is -2.42. The third-order valence-corrected chi connectivity index (χ3v) is 3.47. The van der Waals surface area contributed by atoms with Gasteiger partial charge in [0.25, 0.3) is 0 Å². The molecule has 6 heteroatoms. The molecule has 6 nitrogen and oxygen atoms in total. The molecule has 0 bridgehead atoms. The lowest BCUT2D eigenvalue weighted by Gasteiger charge is -2.27. The Morgan fingerprint density at radius 2 is 2.39 bits per heavy atom. The highest BCUT2D eigenvalue weighted by atomic mass is 16.4. The summed E-state index contributed by atoms with van der Waals surface area (Å²) in [5.41, 5.74) is 1.87. The molecule has 2 aromatic rings. The average molecular weight is 246 g/mol. The molecule has 0 spiro atoms. The SMILES string of the molecule is O=C(O)C1CC(c2cnc3cnccn23)CCN1. The largest absolute Gasteiger partial charge is 0.480 e. The zero-order chi connectivity index (χ0) is 12.5. The summed E-state index contributed by atoms with van der Waals surface area (Å²) < 4.78 is 1.99. The standard InChI is InChI=1S/C12H14N4O2/c17-12(18)9-5-8(1-2-14-9)10-6-15-11-7-13-3-4-16(10)11/h3-4,6-9,14H,1-2,5H2,(H,17,18). The molecule has 94 valence electrons. The highest BCUT2D eigenvalue weighted by Gasteiger charge is 2.28. The summed E-state index contributed by atoms with van der Waals surface area (Å²) >= 11 is 0. The minimum Gasteiger partial charge on any atom is -0.480 e. The summed E-state index contributed by atoms with van der Waals surface area (Å²) in [5.74, 6) is -0.556. The molecule has 0 aromatic carbocycles.